The monoisotopic (exact) mass is 302 g/mol. The molecule has 1 aromatic carbocycles. The third-order valence-electron chi connectivity index (χ3n) is 3.76. The zero-order valence-electron chi connectivity index (χ0n) is 11.3. The Kier molecular flexibility index (Phi) is 4.72. The van der Waals surface area contributed by atoms with Gasteiger partial charge in [0.05, 0.1) is 5.56 Å². The number of halogens is 3. The van der Waals surface area contributed by atoms with Crippen LogP contribution in [0.2, 0.25) is 0 Å². The molecule has 4 N–H and O–H groups in total. The van der Waals surface area contributed by atoms with E-state index in [0.717, 1.165) is 25.7 Å². The Morgan fingerprint density at radius 3 is 2.57 bits per heavy atom. The third kappa shape index (κ3) is 3.29. The van der Waals surface area contributed by atoms with Crippen LogP contribution in [0.3, 0.4) is 0 Å². The summed E-state index contributed by atoms with van der Waals surface area (Å²) in [5, 5.41) is 11.7. The van der Waals surface area contributed by atoms with Crippen LogP contribution < -0.4 is 11.1 Å². The maximum atomic E-state index is 13.7. The van der Waals surface area contributed by atoms with E-state index >= 15 is 0 Å². The van der Waals surface area contributed by atoms with Crippen LogP contribution >= 0.6 is 0 Å². The lowest BCUT2D eigenvalue weighted by Crippen LogP contribution is -2.47. The third-order valence-corrected chi connectivity index (χ3v) is 3.76. The minimum Gasteiger partial charge on any atom is -0.503 e. The standard InChI is InChI=1S/C14H17F3N2O2/c15-8-6-7(11(16)13(20)12(8)17)14(21)19-10-5-3-1-2-4-9(10)18/h6,9-10,20H,1-5,18H2,(H,19,21). The molecule has 4 nitrogen and oxygen atoms in total. The summed E-state index contributed by atoms with van der Waals surface area (Å²) in [5.41, 5.74) is 5.20. The lowest BCUT2D eigenvalue weighted by atomic mass is 10.0. The number of aromatic hydroxyl groups is 1. The number of benzene rings is 1. The highest BCUT2D eigenvalue weighted by molar-refractivity contribution is 5.95. The Hall–Kier alpha value is -1.76. The molecule has 7 heteroatoms. The van der Waals surface area contributed by atoms with Crippen LogP contribution in [0.4, 0.5) is 13.2 Å². The van der Waals surface area contributed by atoms with Gasteiger partial charge in [0.2, 0.25) is 5.82 Å². The molecule has 0 bridgehead atoms. The van der Waals surface area contributed by atoms with E-state index in [4.69, 9.17) is 10.8 Å². The quantitative estimate of drug-likeness (QED) is 0.579. The zero-order chi connectivity index (χ0) is 15.6. The van der Waals surface area contributed by atoms with Gasteiger partial charge in [0.15, 0.2) is 17.4 Å². The Labute approximate surface area is 120 Å². The SMILES string of the molecule is NC1CCCCCC1NC(=O)c1cc(F)c(F)c(O)c1F. The maximum absolute atomic E-state index is 13.7. The van der Waals surface area contributed by atoms with Gasteiger partial charge in [-0.05, 0) is 18.9 Å². The van der Waals surface area contributed by atoms with Gasteiger partial charge in [-0.3, -0.25) is 4.79 Å². The number of nitrogens with one attached hydrogen (secondary N) is 1. The topological polar surface area (TPSA) is 75.3 Å². The smallest absolute Gasteiger partial charge is 0.254 e. The van der Waals surface area contributed by atoms with Gasteiger partial charge < -0.3 is 16.2 Å². The number of hydrogen-bond donors (Lipinski definition) is 3. The molecule has 0 radical (unpaired) electrons. The van der Waals surface area contributed by atoms with Crippen LogP contribution in [0.25, 0.3) is 0 Å². The first-order valence-electron chi connectivity index (χ1n) is 6.84. The molecule has 1 fully saturated rings. The molecule has 1 aromatic rings. The van der Waals surface area contributed by atoms with Crippen molar-refractivity contribution in [2.24, 2.45) is 5.73 Å². The molecule has 2 atom stereocenters. The summed E-state index contributed by atoms with van der Waals surface area (Å²) in [6.45, 7) is 0. The number of carbonyl (C=O) groups is 1. The highest BCUT2D eigenvalue weighted by Crippen LogP contribution is 2.26. The number of hydrogen-bond acceptors (Lipinski definition) is 3. The Morgan fingerprint density at radius 2 is 1.86 bits per heavy atom. The predicted octanol–water partition coefficient (Wildman–Crippen LogP) is 2.20. The molecule has 1 aliphatic carbocycles. The van der Waals surface area contributed by atoms with E-state index in [1.807, 2.05) is 0 Å². The molecule has 1 saturated carbocycles. The zero-order valence-corrected chi connectivity index (χ0v) is 11.3. The second kappa shape index (κ2) is 6.34. The summed E-state index contributed by atoms with van der Waals surface area (Å²) >= 11 is 0. The van der Waals surface area contributed by atoms with Gasteiger partial charge >= 0.3 is 0 Å². The van der Waals surface area contributed by atoms with Crippen molar-refractivity contribution >= 4 is 5.91 Å². The van der Waals surface area contributed by atoms with Gasteiger partial charge in [0.25, 0.3) is 5.91 Å². The predicted molar refractivity (Wildman–Crippen MR) is 70.3 cm³/mol. The second-order valence-electron chi connectivity index (χ2n) is 5.26. The second-order valence-corrected chi connectivity index (χ2v) is 5.26. The first-order valence-corrected chi connectivity index (χ1v) is 6.84. The van der Waals surface area contributed by atoms with Gasteiger partial charge in [0, 0.05) is 12.1 Å². The first kappa shape index (κ1) is 15.6. The summed E-state index contributed by atoms with van der Waals surface area (Å²) in [5.74, 6) is -7.08. The molecule has 0 heterocycles. The lowest BCUT2D eigenvalue weighted by molar-refractivity contribution is 0.0923. The fourth-order valence-corrected chi connectivity index (χ4v) is 2.52. The van der Waals surface area contributed by atoms with E-state index in [9.17, 15) is 18.0 Å². The number of amides is 1. The lowest BCUT2D eigenvalue weighted by Gasteiger charge is -2.22. The van der Waals surface area contributed by atoms with Crippen molar-refractivity contribution in [2.75, 3.05) is 0 Å². The fourth-order valence-electron chi connectivity index (χ4n) is 2.52. The van der Waals surface area contributed by atoms with E-state index < -0.39 is 34.7 Å². The summed E-state index contributed by atoms with van der Waals surface area (Å²) in [6.07, 6.45) is 4.21. The van der Waals surface area contributed by atoms with Gasteiger partial charge in [-0.2, -0.15) is 4.39 Å². The van der Waals surface area contributed by atoms with Crippen LogP contribution in [0.15, 0.2) is 6.07 Å². The molecule has 0 aromatic heterocycles. The van der Waals surface area contributed by atoms with E-state index in [1.54, 1.807) is 0 Å². The van der Waals surface area contributed by atoms with Crippen LogP contribution in [-0.4, -0.2) is 23.1 Å². The summed E-state index contributed by atoms with van der Waals surface area (Å²) in [4.78, 5) is 12.0. The molecule has 1 aliphatic rings. The van der Waals surface area contributed by atoms with Crippen molar-refractivity contribution in [3.8, 4) is 5.75 Å². The van der Waals surface area contributed by atoms with Crippen molar-refractivity contribution in [2.45, 2.75) is 44.2 Å². The Balaban J connectivity index is 2.20. The Morgan fingerprint density at radius 1 is 1.19 bits per heavy atom. The van der Waals surface area contributed by atoms with E-state index in [2.05, 4.69) is 5.32 Å². The molecule has 0 spiro atoms. The van der Waals surface area contributed by atoms with Crippen molar-refractivity contribution in [3.05, 3.63) is 29.1 Å². The highest BCUT2D eigenvalue weighted by Gasteiger charge is 2.26. The van der Waals surface area contributed by atoms with Crippen LogP contribution in [0, 0.1) is 17.5 Å². The number of carbonyl (C=O) groups excluding carboxylic acids is 1. The van der Waals surface area contributed by atoms with E-state index in [-0.39, 0.29) is 12.1 Å². The number of phenols is 1. The van der Waals surface area contributed by atoms with Gasteiger partial charge in [-0.25, -0.2) is 8.78 Å². The normalized spacial score (nSPS) is 22.7. The van der Waals surface area contributed by atoms with Crippen molar-refractivity contribution in [3.63, 3.8) is 0 Å². The molecule has 21 heavy (non-hydrogen) atoms. The summed E-state index contributed by atoms with van der Waals surface area (Å²) in [7, 11) is 0. The molecular weight excluding hydrogens is 285 g/mol. The molecule has 0 aliphatic heterocycles. The minimum atomic E-state index is -1.71. The van der Waals surface area contributed by atoms with Crippen LogP contribution in [-0.2, 0) is 0 Å². The largest absolute Gasteiger partial charge is 0.503 e. The molecule has 2 unspecified atom stereocenters. The van der Waals surface area contributed by atoms with Gasteiger partial charge in [-0.1, -0.05) is 19.3 Å². The highest BCUT2D eigenvalue weighted by atomic mass is 19.2. The average molecular weight is 302 g/mol. The van der Waals surface area contributed by atoms with Crippen molar-refractivity contribution < 1.29 is 23.1 Å². The number of phenolic OH excluding ortho intramolecular Hbond substituents is 1. The average Bonchev–Trinajstić information content (AvgIpc) is 2.65. The Bertz CT molecular complexity index is 552. The maximum Gasteiger partial charge on any atom is 0.254 e. The van der Waals surface area contributed by atoms with Crippen molar-refractivity contribution in [1.82, 2.24) is 5.32 Å². The number of rotatable bonds is 2. The van der Waals surface area contributed by atoms with Gasteiger partial charge in [-0.15, -0.1) is 0 Å². The van der Waals surface area contributed by atoms with Crippen LogP contribution in [0.5, 0.6) is 5.75 Å². The molecule has 116 valence electrons. The molecule has 2 rings (SSSR count). The number of nitrogens with two attached hydrogens (primary N) is 1. The minimum absolute atomic E-state index is 0.265. The van der Waals surface area contributed by atoms with Crippen molar-refractivity contribution in [1.29, 1.82) is 0 Å². The molecular formula is C14H17F3N2O2. The first-order chi connectivity index (χ1) is 9.91. The van der Waals surface area contributed by atoms with Gasteiger partial charge in [0.1, 0.15) is 0 Å². The fraction of sp³-hybridized carbons (Fsp3) is 0.500. The van der Waals surface area contributed by atoms with Crippen LogP contribution in [0.1, 0.15) is 42.5 Å². The van der Waals surface area contributed by atoms with E-state index in [1.165, 1.54) is 0 Å². The van der Waals surface area contributed by atoms with E-state index in [0.29, 0.717) is 12.5 Å². The summed E-state index contributed by atoms with van der Waals surface area (Å²) in [6, 6.07) is -0.185. The molecule has 0 saturated heterocycles. The molecule has 1 amide bonds. The summed E-state index contributed by atoms with van der Waals surface area (Å²) < 4.78 is 39.9.